The number of ether oxygens (including phenoxy) is 2. The molecule has 0 saturated carbocycles. The zero-order valence-corrected chi connectivity index (χ0v) is 16.4. The van der Waals surface area contributed by atoms with Crippen molar-refractivity contribution in [1.82, 2.24) is 0 Å². The Bertz CT molecular complexity index is 1010. The summed E-state index contributed by atoms with van der Waals surface area (Å²) in [5, 5.41) is 0. The van der Waals surface area contributed by atoms with E-state index in [4.69, 9.17) is 9.47 Å². The minimum absolute atomic E-state index is 0.100. The van der Waals surface area contributed by atoms with Crippen LogP contribution in [0.25, 0.3) is 0 Å². The minimum atomic E-state index is -3.65. The van der Waals surface area contributed by atoms with E-state index in [1.54, 1.807) is 30.0 Å². The number of fused-ring (bicyclic) bond motifs is 2. The van der Waals surface area contributed by atoms with E-state index < -0.39 is 10.0 Å². The lowest BCUT2D eigenvalue weighted by Gasteiger charge is -2.32. The van der Waals surface area contributed by atoms with E-state index >= 15 is 0 Å². The molecular weight excluding hydrogens is 380 g/mol. The van der Waals surface area contributed by atoms with E-state index in [1.165, 1.54) is 0 Å². The maximum Gasteiger partial charge on any atom is 0.247 e. The van der Waals surface area contributed by atoms with E-state index in [0.717, 1.165) is 28.4 Å². The van der Waals surface area contributed by atoms with Gasteiger partial charge in [0.05, 0.1) is 11.4 Å². The fourth-order valence-electron chi connectivity index (χ4n) is 3.55. The van der Waals surface area contributed by atoms with E-state index in [0.29, 0.717) is 23.7 Å². The number of benzene rings is 2. The molecule has 0 atom stereocenters. The number of sulfonamides is 1. The molecule has 0 spiro atoms. The van der Waals surface area contributed by atoms with Crippen molar-refractivity contribution >= 4 is 27.3 Å². The molecule has 2 aromatic rings. The average molecular weight is 402 g/mol. The van der Waals surface area contributed by atoms with Gasteiger partial charge in [-0.05, 0) is 43.5 Å². The molecule has 8 heteroatoms. The fourth-order valence-corrected chi connectivity index (χ4v) is 4.60. The van der Waals surface area contributed by atoms with Gasteiger partial charge in [-0.3, -0.25) is 9.10 Å². The maximum atomic E-state index is 13.1. The second kappa shape index (κ2) is 7.35. The molecule has 2 heterocycles. The smallest absolute Gasteiger partial charge is 0.247 e. The van der Waals surface area contributed by atoms with Crippen molar-refractivity contribution in [2.24, 2.45) is 0 Å². The van der Waals surface area contributed by atoms with Gasteiger partial charge in [0.1, 0.15) is 6.54 Å². The molecule has 0 aromatic heterocycles. The number of nitrogens with zero attached hydrogens (tertiary/aromatic N) is 2. The van der Waals surface area contributed by atoms with Crippen molar-refractivity contribution in [2.45, 2.75) is 19.8 Å². The van der Waals surface area contributed by atoms with Crippen LogP contribution in [0.5, 0.6) is 11.5 Å². The molecule has 2 aliphatic rings. The van der Waals surface area contributed by atoms with Crippen LogP contribution in [0.4, 0.5) is 11.4 Å². The largest absolute Gasteiger partial charge is 0.454 e. The number of carbonyl (C=O) groups excluding carboxylic acids is 1. The highest BCUT2D eigenvalue weighted by Crippen LogP contribution is 2.36. The Kier molecular flexibility index (Phi) is 4.89. The number of hydrogen-bond acceptors (Lipinski definition) is 5. The van der Waals surface area contributed by atoms with Gasteiger partial charge in [0.2, 0.25) is 22.7 Å². The number of rotatable bonds is 5. The quantitative estimate of drug-likeness (QED) is 0.768. The van der Waals surface area contributed by atoms with Gasteiger partial charge in [-0.15, -0.1) is 0 Å². The maximum absolute atomic E-state index is 13.1. The van der Waals surface area contributed by atoms with Gasteiger partial charge in [-0.1, -0.05) is 18.2 Å². The molecule has 0 fully saturated rings. The van der Waals surface area contributed by atoms with Crippen LogP contribution in [-0.2, 0) is 21.2 Å². The molecule has 0 N–H and O–H groups in total. The van der Waals surface area contributed by atoms with Crippen molar-refractivity contribution < 1.29 is 22.7 Å². The van der Waals surface area contributed by atoms with Crippen LogP contribution in [-0.4, -0.2) is 40.0 Å². The summed E-state index contributed by atoms with van der Waals surface area (Å²) in [4.78, 5) is 14.8. The third-order valence-corrected chi connectivity index (χ3v) is 6.78. The lowest BCUT2D eigenvalue weighted by atomic mass is 10.0. The van der Waals surface area contributed by atoms with Crippen molar-refractivity contribution in [3.63, 3.8) is 0 Å². The molecule has 28 heavy (non-hydrogen) atoms. The van der Waals surface area contributed by atoms with Crippen LogP contribution >= 0.6 is 0 Å². The van der Waals surface area contributed by atoms with E-state index in [2.05, 4.69) is 0 Å². The summed E-state index contributed by atoms with van der Waals surface area (Å²) in [6.07, 6.45) is 1.77. The number of anilines is 2. The summed E-state index contributed by atoms with van der Waals surface area (Å²) in [5.74, 6) is 0.686. The molecule has 0 unspecified atom stereocenters. The van der Waals surface area contributed by atoms with Crippen LogP contribution in [0, 0.1) is 0 Å². The van der Waals surface area contributed by atoms with Gasteiger partial charge < -0.3 is 14.4 Å². The van der Waals surface area contributed by atoms with E-state index in [1.807, 2.05) is 24.3 Å². The second-order valence-corrected chi connectivity index (χ2v) is 8.90. The SMILES string of the molecule is CCS(=O)(=O)N(CC(=O)N1CCCc2ccccc21)c1ccc2c(c1)OCO2. The Hall–Kier alpha value is -2.74. The third-order valence-electron chi connectivity index (χ3n) is 5.03. The molecular formula is C20H22N2O5S. The first-order chi connectivity index (χ1) is 13.5. The lowest BCUT2D eigenvalue weighted by molar-refractivity contribution is -0.117. The fraction of sp³-hybridized carbons (Fsp3) is 0.350. The normalized spacial score (nSPS) is 15.2. The summed E-state index contributed by atoms with van der Waals surface area (Å²) in [5.41, 5.74) is 2.36. The Balaban J connectivity index is 1.65. The van der Waals surface area contributed by atoms with E-state index in [-0.39, 0.29) is 25.0 Å². The van der Waals surface area contributed by atoms with Gasteiger partial charge in [0.25, 0.3) is 0 Å². The highest BCUT2D eigenvalue weighted by Gasteiger charge is 2.29. The number of aryl methyl sites for hydroxylation is 1. The summed E-state index contributed by atoms with van der Waals surface area (Å²) >= 11 is 0. The van der Waals surface area contributed by atoms with Gasteiger partial charge >= 0.3 is 0 Å². The predicted molar refractivity (Wildman–Crippen MR) is 106 cm³/mol. The monoisotopic (exact) mass is 402 g/mol. The molecule has 0 aliphatic carbocycles. The number of para-hydroxylation sites is 1. The Labute approximate surface area is 164 Å². The summed E-state index contributed by atoms with van der Waals surface area (Å²) in [6.45, 7) is 1.99. The highest BCUT2D eigenvalue weighted by atomic mass is 32.2. The molecule has 7 nitrogen and oxygen atoms in total. The van der Waals surface area contributed by atoms with Crippen LogP contribution in [0.2, 0.25) is 0 Å². The zero-order chi connectivity index (χ0) is 19.7. The molecule has 0 bridgehead atoms. The molecule has 0 radical (unpaired) electrons. The molecule has 2 aliphatic heterocycles. The number of carbonyl (C=O) groups is 1. The highest BCUT2D eigenvalue weighted by molar-refractivity contribution is 7.92. The van der Waals surface area contributed by atoms with Gasteiger partial charge in [0, 0.05) is 18.3 Å². The third kappa shape index (κ3) is 3.40. The van der Waals surface area contributed by atoms with Crippen molar-refractivity contribution in [3.05, 3.63) is 48.0 Å². The first kappa shape index (κ1) is 18.6. The second-order valence-electron chi connectivity index (χ2n) is 6.72. The van der Waals surface area contributed by atoms with Crippen LogP contribution in [0.1, 0.15) is 18.9 Å². The van der Waals surface area contributed by atoms with E-state index in [9.17, 15) is 13.2 Å². The molecule has 1 amide bonds. The minimum Gasteiger partial charge on any atom is -0.454 e. The molecule has 2 aromatic carbocycles. The van der Waals surface area contributed by atoms with Crippen molar-refractivity contribution in [2.75, 3.05) is 34.8 Å². The number of amides is 1. The van der Waals surface area contributed by atoms with Gasteiger partial charge in [0.15, 0.2) is 11.5 Å². The van der Waals surface area contributed by atoms with Gasteiger partial charge in [-0.2, -0.15) is 0 Å². The summed E-state index contributed by atoms with van der Waals surface area (Å²) in [6, 6.07) is 12.7. The average Bonchev–Trinajstić information content (AvgIpc) is 3.19. The van der Waals surface area contributed by atoms with Crippen LogP contribution in [0.3, 0.4) is 0 Å². The number of hydrogen-bond donors (Lipinski definition) is 0. The Morgan fingerprint density at radius 1 is 1.14 bits per heavy atom. The van der Waals surface area contributed by atoms with Crippen LogP contribution in [0.15, 0.2) is 42.5 Å². The molecule has 148 valence electrons. The first-order valence-electron chi connectivity index (χ1n) is 9.28. The van der Waals surface area contributed by atoms with Crippen molar-refractivity contribution in [1.29, 1.82) is 0 Å². The summed E-state index contributed by atoms with van der Waals surface area (Å²) < 4.78 is 37.3. The summed E-state index contributed by atoms with van der Waals surface area (Å²) in [7, 11) is -3.65. The lowest BCUT2D eigenvalue weighted by Crippen LogP contribution is -2.45. The Morgan fingerprint density at radius 2 is 1.93 bits per heavy atom. The van der Waals surface area contributed by atoms with Gasteiger partial charge in [-0.25, -0.2) is 8.42 Å². The predicted octanol–water partition coefficient (Wildman–Crippen LogP) is 2.55. The van der Waals surface area contributed by atoms with Crippen molar-refractivity contribution in [3.8, 4) is 11.5 Å². The standard InChI is InChI=1S/C20H22N2O5S/c1-2-28(24,25)22(16-9-10-18-19(12-16)27-14-26-18)13-20(23)21-11-5-7-15-6-3-4-8-17(15)21/h3-4,6,8-10,12H,2,5,7,11,13-14H2,1H3. The topological polar surface area (TPSA) is 76.2 Å². The van der Waals surface area contributed by atoms with Crippen LogP contribution < -0.4 is 18.7 Å². The molecule has 4 rings (SSSR count). The Morgan fingerprint density at radius 3 is 2.75 bits per heavy atom. The zero-order valence-electron chi connectivity index (χ0n) is 15.6. The first-order valence-corrected chi connectivity index (χ1v) is 10.9. The molecule has 0 saturated heterocycles.